The van der Waals surface area contributed by atoms with Gasteiger partial charge >= 0.3 is 0 Å². The van der Waals surface area contributed by atoms with Crippen molar-refractivity contribution in [1.82, 2.24) is 5.32 Å². The zero-order chi connectivity index (χ0) is 11.5. The van der Waals surface area contributed by atoms with Gasteiger partial charge in [0.05, 0.1) is 12.1 Å². The first-order valence-corrected chi connectivity index (χ1v) is 5.37. The Bertz CT molecular complexity index is 357. The highest BCUT2D eigenvalue weighted by Crippen LogP contribution is 2.32. The van der Waals surface area contributed by atoms with Crippen LogP contribution in [0, 0.1) is 0 Å². The molecule has 0 heterocycles. The second kappa shape index (κ2) is 4.89. The van der Waals surface area contributed by atoms with E-state index in [9.17, 15) is 8.78 Å². The molecule has 0 saturated heterocycles. The summed E-state index contributed by atoms with van der Waals surface area (Å²) in [6, 6.07) is 7.97. The predicted molar refractivity (Wildman–Crippen MR) is 57.7 cm³/mol. The molecule has 16 heavy (non-hydrogen) atoms. The van der Waals surface area contributed by atoms with E-state index in [-0.39, 0.29) is 12.1 Å². The summed E-state index contributed by atoms with van der Waals surface area (Å²) in [6.07, 6.45) is -1.88. The Morgan fingerprint density at radius 3 is 2.88 bits per heavy atom. The highest BCUT2D eigenvalue weighted by molar-refractivity contribution is 5.36. The van der Waals surface area contributed by atoms with Gasteiger partial charge in [0.25, 0.3) is 6.43 Å². The Kier molecular flexibility index (Phi) is 3.51. The highest BCUT2D eigenvalue weighted by atomic mass is 19.3. The van der Waals surface area contributed by atoms with Gasteiger partial charge in [0, 0.05) is 6.42 Å². The maximum atomic E-state index is 12.1. The lowest BCUT2D eigenvalue weighted by Gasteiger charge is -2.20. The molecule has 2 rings (SSSR count). The van der Waals surface area contributed by atoms with E-state index < -0.39 is 13.0 Å². The topological polar surface area (TPSA) is 21.3 Å². The summed E-state index contributed by atoms with van der Waals surface area (Å²) in [5, 5.41) is 3.12. The molecule has 1 aromatic rings. The lowest BCUT2D eigenvalue weighted by Crippen LogP contribution is -2.29. The number of benzene rings is 1. The highest BCUT2D eigenvalue weighted by Gasteiger charge is 2.32. The van der Waals surface area contributed by atoms with Crippen molar-refractivity contribution in [2.75, 3.05) is 13.7 Å². The molecule has 0 amide bonds. The Balaban J connectivity index is 2.08. The smallest absolute Gasteiger partial charge is 0.261 e. The fourth-order valence-corrected chi connectivity index (χ4v) is 2.25. The summed E-state index contributed by atoms with van der Waals surface area (Å²) in [5.41, 5.74) is 2.34. The minimum atomic E-state index is -2.40. The van der Waals surface area contributed by atoms with Gasteiger partial charge < -0.3 is 10.1 Å². The van der Waals surface area contributed by atoms with Crippen LogP contribution >= 0.6 is 0 Å². The zero-order valence-corrected chi connectivity index (χ0v) is 9.12. The van der Waals surface area contributed by atoms with Crippen molar-refractivity contribution in [3.63, 3.8) is 0 Å². The third-order valence-corrected chi connectivity index (χ3v) is 2.93. The molecular formula is C12H15F2NO. The molecule has 0 radical (unpaired) electrons. The SMILES string of the molecule is CNC1c2ccccc2CC1OCC(F)F. The number of hydrogen-bond donors (Lipinski definition) is 1. The fraction of sp³-hybridized carbons (Fsp3) is 0.500. The van der Waals surface area contributed by atoms with E-state index in [0.717, 1.165) is 5.56 Å². The van der Waals surface area contributed by atoms with Crippen LogP contribution in [-0.4, -0.2) is 26.2 Å². The molecule has 0 aromatic heterocycles. The molecule has 0 aliphatic heterocycles. The number of hydrogen-bond acceptors (Lipinski definition) is 2. The minimum Gasteiger partial charge on any atom is -0.370 e. The van der Waals surface area contributed by atoms with Crippen LogP contribution < -0.4 is 5.32 Å². The Morgan fingerprint density at radius 1 is 1.44 bits per heavy atom. The summed E-state index contributed by atoms with van der Waals surface area (Å²) in [5.74, 6) is 0. The van der Waals surface area contributed by atoms with E-state index in [1.165, 1.54) is 5.56 Å². The third-order valence-electron chi connectivity index (χ3n) is 2.93. The third kappa shape index (κ3) is 2.23. The van der Waals surface area contributed by atoms with Gasteiger partial charge in [-0.3, -0.25) is 0 Å². The molecular weight excluding hydrogens is 212 g/mol. The van der Waals surface area contributed by atoms with Crippen LogP contribution in [-0.2, 0) is 11.2 Å². The number of likely N-dealkylation sites (N-methyl/N-ethyl adjacent to an activating group) is 1. The van der Waals surface area contributed by atoms with Gasteiger partial charge in [-0.05, 0) is 18.2 Å². The lowest BCUT2D eigenvalue weighted by molar-refractivity contribution is -0.0324. The van der Waals surface area contributed by atoms with Crippen molar-refractivity contribution in [3.8, 4) is 0 Å². The summed E-state index contributed by atoms with van der Waals surface area (Å²) in [7, 11) is 1.82. The van der Waals surface area contributed by atoms with E-state index in [4.69, 9.17) is 4.74 Å². The van der Waals surface area contributed by atoms with Gasteiger partial charge in [0.2, 0.25) is 0 Å². The average molecular weight is 227 g/mol. The van der Waals surface area contributed by atoms with Crippen molar-refractivity contribution >= 4 is 0 Å². The molecule has 88 valence electrons. The summed E-state index contributed by atoms with van der Waals surface area (Å²) in [4.78, 5) is 0. The average Bonchev–Trinajstić information content (AvgIpc) is 2.63. The molecule has 1 aliphatic carbocycles. The molecule has 2 unspecified atom stereocenters. The first kappa shape index (κ1) is 11.5. The summed E-state index contributed by atoms with van der Waals surface area (Å²) >= 11 is 0. The number of alkyl halides is 2. The molecule has 1 aliphatic rings. The van der Waals surface area contributed by atoms with Crippen LogP contribution in [0.25, 0.3) is 0 Å². The number of rotatable bonds is 4. The molecule has 0 saturated carbocycles. The molecule has 2 nitrogen and oxygen atoms in total. The van der Waals surface area contributed by atoms with E-state index >= 15 is 0 Å². The standard InChI is InChI=1S/C12H15F2NO/c1-15-12-9-5-3-2-4-8(9)6-10(12)16-7-11(13)14/h2-5,10-12,15H,6-7H2,1H3. The second-order valence-electron chi connectivity index (χ2n) is 3.93. The normalized spacial score (nSPS) is 23.8. The van der Waals surface area contributed by atoms with Gasteiger partial charge in [0.1, 0.15) is 6.61 Å². The van der Waals surface area contributed by atoms with Crippen molar-refractivity contribution in [3.05, 3.63) is 35.4 Å². The molecule has 2 atom stereocenters. The first-order valence-electron chi connectivity index (χ1n) is 5.37. The van der Waals surface area contributed by atoms with Gasteiger partial charge in [-0.2, -0.15) is 0 Å². The van der Waals surface area contributed by atoms with E-state index in [1.54, 1.807) is 0 Å². The number of nitrogens with one attached hydrogen (secondary N) is 1. The van der Waals surface area contributed by atoms with E-state index in [0.29, 0.717) is 6.42 Å². The first-order chi connectivity index (χ1) is 7.72. The van der Waals surface area contributed by atoms with Crippen LogP contribution in [0.1, 0.15) is 17.2 Å². The zero-order valence-electron chi connectivity index (χ0n) is 9.12. The molecule has 0 spiro atoms. The predicted octanol–water partition coefficient (Wildman–Crippen LogP) is 2.15. The van der Waals surface area contributed by atoms with Crippen LogP contribution in [0.3, 0.4) is 0 Å². The fourth-order valence-electron chi connectivity index (χ4n) is 2.25. The van der Waals surface area contributed by atoms with Crippen LogP contribution in [0.2, 0.25) is 0 Å². The molecule has 0 fully saturated rings. The van der Waals surface area contributed by atoms with Crippen LogP contribution in [0.15, 0.2) is 24.3 Å². The Hall–Kier alpha value is -1.00. The van der Waals surface area contributed by atoms with Gasteiger partial charge in [-0.15, -0.1) is 0 Å². The molecule has 1 N–H and O–H groups in total. The summed E-state index contributed by atoms with van der Waals surface area (Å²) in [6.45, 7) is -0.489. The van der Waals surface area contributed by atoms with Crippen LogP contribution in [0.4, 0.5) is 8.78 Å². The number of fused-ring (bicyclic) bond motifs is 1. The molecule has 4 heteroatoms. The maximum Gasteiger partial charge on any atom is 0.261 e. The largest absolute Gasteiger partial charge is 0.370 e. The molecule has 1 aromatic carbocycles. The van der Waals surface area contributed by atoms with E-state index in [1.807, 2.05) is 31.3 Å². The van der Waals surface area contributed by atoms with Gasteiger partial charge in [0.15, 0.2) is 0 Å². The Labute approximate surface area is 93.6 Å². The van der Waals surface area contributed by atoms with Crippen molar-refractivity contribution in [1.29, 1.82) is 0 Å². The second-order valence-corrected chi connectivity index (χ2v) is 3.93. The van der Waals surface area contributed by atoms with Crippen molar-refractivity contribution in [2.24, 2.45) is 0 Å². The number of ether oxygens (including phenoxy) is 1. The van der Waals surface area contributed by atoms with Gasteiger partial charge in [-0.25, -0.2) is 8.78 Å². The van der Waals surface area contributed by atoms with Gasteiger partial charge in [-0.1, -0.05) is 24.3 Å². The summed E-state index contributed by atoms with van der Waals surface area (Å²) < 4.78 is 29.4. The van der Waals surface area contributed by atoms with Crippen LogP contribution in [0.5, 0.6) is 0 Å². The minimum absolute atomic E-state index is 0.0231. The quantitative estimate of drug-likeness (QED) is 0.851. The Morgan fingerprint density at radius 2 is 2.19 bits per heavy atom. The van der Waals surface area contributed by atoms with Crippen molar-refractivity contribution < 1.29 is 13.5 Å². The number of halogens is 2. The lowest BCUT2D eigenvalue weighted by atomic mass is 10.1. The molecule has 0 bridgehead atoms. The monoisotopic (exact) mass is 227 g/mol. The van der Waals surface area contributed by atoms with Crippen molar-refractivity contribution in [2.45, 2.75) is 25.0 Å². The van der Waals surface area contributed by atoms with E-state index in [2.05, 4.69) is 5.32 Å². The maximum absolute atomic E-state index is 12.1.